The minimum absolute atomic E-state index is 0.0840. The van der Waals surface area contributed by atoms with Crippen molar-refractivity contribution in [1.82, 2.24) is 5.32 Å². The van der Waals surface area contributed by atoms with Gasteiger partial charge in [-0.05, 0) is 49.2 Å². The molecule has 142 valence electrons. The summed E-state index contributed by atoms with van der Waals surface area (Å²) in [5.41, 5.74) is 1.46. The molecule has 2 aromatic rings. The molecule has 2 aromatic carbocycles. The van der Waals surface area contributed by atoms with E-state index in [4.69, 9.17) is 4.74 Å². The van der Waals surface area contributed by atoms with Crippen LogP contribution in [0.4, 0.5) is 5.69 Å². The van der Waals surface area contributed by atoms with E-state index in [1.54, 1.807) is 55.6 Å². The molecule has 2 rings (SSSR count). The van der Waals surface area contributed by atoms with Crippen LogP contribution >= 0.6 is 0 Å². The molecular formula is C21H24N2O4. The van der Waals surface area contributed by atoms with Crippen LogP contribution < -0.4 is 15.4 Å². The van der Waals surface area contributed by atoms with E-state index in [1.807, 2.05) is 13.8 Å². The molecule has 6 heteroatoms. The van der Waals surface area contributed by atoms with Gasteiger partial charge in [0.1, 0.15) is 11.8 Å². The first-order valence-electron chi connectivity index (χ1n) is 8.68. The van der Waals surface area contributed by atoms with E-state index in [2.05, 4.69) is 10.6 Å². The molecular weight excluding hydrogens is 344 g/mol. The highest BCUT2D eigenvalue weighted by molar-refractivity contribution is 6.02. The highest BCUT2D eigenvalue weighted by atomic mass is 16.5. The number of carbonyl (C=O) groups excluding carboxylic acids is 3. The summed E-state index contributed by atoms with van der Waals surface area (Å²) in [6.07, 6.45) is 0. The average molecular weight is 368 g/mol. The maximum absolute atomic E-state index is 12.7. The molecule has 1 unspecified atom stereocenters. The first-order valence-corrected chi connectivity index (χ1v) is 8.68. The number of nitrogens with one attached hydrogen (secondary N) is 2. The normalized spacial score (nSPS) is 11.6. The maximum Gasteiger partial charge on any atom is 0.251 e. The topological polar surface area (TPSA) is 84.5 Å². The smallest absolute Gasteiger partial charge is 0.251 e. The van der Waals surface area contributed by atoms with Crippen LogP contribution in [0.5, 0.6) is 5.75 Å². The Balaban J connectivity index is 2.11. The zero-order chi connectivity index (χ0) is 20.0. The Labute approximate surface area is 158 Å². The number of ether oxygens (including phenoxy) is 1. The fourth-order valence-corrected chi connectivity index (χ4v) is 2.54. The van der Waals surface area contributed by atoms with Crippen molar-refractivity contribution in [3.63, 3.8) is 0 Å². The van der Waals surface area contributed by atoms with Crippen molar-refractivity contribution in [1.29, 1.82) is 0 Å². The molecule has 0 aliphatic heterocycles. The van der Waals surface area contributed by atoms with Gasteiger partial charge in [0.15, 0.2) is 5.78 Å². The van der Waals surface area contributed by atoms with Crippen LogP contribution in [0.1, 0.15) is 41.5 Å². The van der Waals surface area contributed by atoms with Crippen LogP contribution in [0.2, 0.25) is 0 Å². The van der Waals surface area contributed by atoms with Crippen LogP contribution in [0.3, 0.4) is 0 Å². The minimum atomic E-state index is -0.722. The molecule has 27 heavy (non-hydrogen) atoms. The lowest BCUT2D eigenvalue weighted by molar-refractivity contribution is -0.118. The van der Waals surface area contributed by atoms with E-state index in [0.29, 0.717) is 22.6 Å². The molecule has 0 spiro atoms. The second kappa shape index (κ2) is 8.98. The molecule has 0 aromatic heterocycles. The molecule has 1 atom stereocenters. The molecule has 0 bridgehead atoms. The number of amides is 2. The van der Waals surface area contributed by atoms with E-state index in [9.17, 15) is 14.4 Å². The van der Waals surface area contributed by atoms with Gasteiger partial charge in [0.2, 0.25) is 5.91 Å². The Morgan fingerprint density at radius 3 is 2.19 bits per heavy atom. The second-order valence-electron chi connectivity index (χ2n) is 6.55. The van der Waals surface area contributed by atoms with Crippen molar-refractivity contribution >= 4 is 23.3 Å². The maximum atomic E-state index is 12.7. The third-order valence-corrected chi connectivity index (χ3v) is 4.12. The first-order chi connectivity index (χ1) is 12.8. The average Bonchev–Trinajstić information content (AvgIpc) is 2.65. The molecule has 6 nitrogen and oxygen atoms in total. The van der Waals surface area contributed by atoms with Gasteiger partial charge >= 0.3 is 0 Å². The number of methoxy groups -OCH3 is 1. The lowest BCUT2D eigenvalue weighted by atomic mass is 10.0. The summed E-state index contributed by atoms with van der Waals surface area (Å²) in [7, 11) is 1.55. The molecule has 0 aliphatic carbocycles. The lowest BCUT2D eigenvalue weighted by Crippen LogP contribution is -2.47. The number of ketones is 1. The van der Waals surface area contributed by atoms with Crippen LogP contribution in [0.15, 0.2) is 48.5 Å². The van der Waals surface area contributed by atoms with Gasteiger partial charge in [-0.2, -0.15) is 0 Å². The predicted octanol–water partition coefficient (Wildman–Crippen LogP) is 3.29. The largest absolute Gasteiger partial charge is 0.497 e. The molecule has 0 radical (unpaired) electrons. The second-order valence-corrected chi connectivity index (χ2v) is 6.55. The fourth-order valence-electron chi connectivity index (χ4n) is 2.54. The Morgan fingerprint density at radius 1 is 0.963 bits per heavy atom. The van der Waals surface area contributed by atoms with Gasteiger partial charge in [-0.3, -0.25) is 14.4 Å². The van der Waals surface area contributed by atoms with E-state index in [1.165, 1.54) is 6.92 Å². The number of rotatable bonds is 7. The number of hydrogen-bond donors (Lipinski definition) is 2. The third-order valence-electron chi connectivity index (χ3n) is 4.12. The predicted molar refractivity (Wildman–Crippen MR) is 104 cm³/mol. The quantitative estimate of drug-likeness (QED) is 0.735. The lowest BCUT2D eigenvalue weighted by Gasteiger charge is -2.22. The van der Waals surface area contributed by atoms with Crippen LogP contribution in [-0.2, 0) is 4.79 Å². The van der Waals surface area contributed by atoms with Gasteiger partial charge in [0, 0.05) is 16.8 Å². The van der Waals surface area contributed by atoms with Gasteiger partial charge in [0.25, 0.3) is 5.91 Å². The van der Waals surface area contributed by atoms with Crippen molar-refractivity contribution in [3.05, 3.63) is 59.7 Å². The summed E-state index contributed by atoms with van der Waals surface area (Å²) in [6, 6.07) is 12.6. The summed E-state index contributed by atoms with van der Waals surface area (Å²) in [5.74, 6) is -0.242. The molecule has 0 heterocycles. The SMILES string of the molecule is COc1ccc(C(=O)NC(C(=O)Nc2cccc(C(C)=O)c2)C(C)C)cc1. The summed E-state index contributed by atoms with van der Waals surface area (Å²) >= 11 is 0. The van der Waals surface area contributed by atoms with Gasteiger partial charge in [-0.15, -0.1) is 0 Å². The summed E-state index contributed by atoms with van der Waals surface area (Å²) in [4.78, 5) is 36.6. The van der Waals surface area contributed by atoms with Crippen molar-refractivity contribution in [3.8, 4) is 5.75 Å². The van der Waals surface area contributed by atoms with Gasteiger partial charge in [-0.1, -0.05) is 26.0 Å². The van der Waals surface area contributed by atoms with Gasteiger partial charge in [0.05, 0.1) is 7.11 Å². The number of hydrogen-bond acceptors (Lipinski definition) is 4. The number of benzene rings is 2. The summed E-state index contributed by atoms with van der Waals surface area (Å²) in [5, 5.41) is 5.54. The van der Waals surface area contributed by atoms with Crippen molar-refractivity contribution in [2.75, 3.05) is 12.4 Å². The van der Waals surface area contributed by atoms with Crippen molar-refractivity contribution in [2.45, 2.75) is 26.8 Å². The zero-order valence-corrected chi connectivity index (χ0v) is 15.9. The zero-order valence-electron chi connectivity index (χ0n) is 15.9. The third kappa shape index (κ3) is 5.41. The van der Waals surface area contributed by atoms with Crippen molar-refractivity contribution in [2.24, 2.45) is 5.92 Å². The highest BCUT2D eigenvalue weighted by Gasteiger charge is 2.25. The van der Waals surface area contributed by atoms with E-state index in [0.717, 1.165) is 0 Å². The van der Waals surface area contributed by atoms with Crippen LogP contribution in [0, 0.1) is 5.92 Å². The summed E-state index contributed by atoms with van der Waals surface area (Å²) in [6.45, 7) is 5.17. The molecule has 0 aliphatic rings. The van der Waals surface area contributed by atoms with Crippen molar-refractivity contribution < 1.29 is 19.1 Å². The van der Waals surface area contributed by atoms with E-state index >= 15 is 0 Å². The Kier molecular flexibility index (Phi) is 6.71. The van der Waals surface area contributed by atoms with Crippen LogP contribution in [0.25, 0.3) is 0 Å². The first kappa shape index (κ1) is 20.2. The molecule has 2 N–H and O–H groups in total. The highest BCUT2D eigenvalue weighted by Crippen LogP contribution is 2.15. The van der Waals surface area contributed by atoms with Gasteiger partial charge in [-0.25, -0.2) is 0 Å². The summed E-state index contributed by atoms with van der Waals surface area (Å²) < 4.78 is 5.08. The monoisotopic (exact) mass is 368 g/mol. The molecule has 0 saturated carbocycles. The van der Waals surface area contributed by atoms with E-state index in [-0.39, 0.29) is 23.5 Å². The number of anilines is 1. The standard InChI is InChI=1S/C21H24N2O4/c1-13(2)19(23-20(25)15-8-10-18(27-4)11-9-15)21(26)22-17-7-5-6-16(12-17)14(3)24/h5-13,19H,1-4H3,(H,22,26)(H,23,25). The molecule has 0 saturated heterocycles. The van der Waals surface area contributed by atoms with Gasteiger partial charge < -0.3 is 15.4 Å². The molecule has 2 amide bonds. The van der Waals surface area contributed by atoms with E-state index < -0.39 is 6.04 Å². The Hall–Kier alpha value is -3.15. The van der Waals surface area contributed by atoms with Crippen LogP contribution in [-0.4, -0.2) is 30.7 Å². The fraction of sp³-hybridized carbons (Fsp3) is 0.286. The Morgan fingerprint density at radius 2 is 1.63 bits per heavy atom. The molecule has 0 fully saturated rings. The number of carbonyl (C=O) groups is 3. The minimum Gasteiger partial charge on any atom is -0.497 e. The Bertz CT molecular complexity index is 828. The number of Topliss-reactive ketones (excluding diaryl/α,β-unsaturated/α-hetero) is 1.